The van der Waals surface area contributed by atoms with Crippen LogP contribution in [0.1, 0.15) is 13.8 Å². The summed E-state index contributed by atoms with van der Waals surface area (Å²) in [5, 5.41) is 0.618. The topological polar surface area (TPSA) is 86.0 Å². The summed E-state index contributed by atoms with van der Waals surface area (Å²) >= 11 is 1.56. The molecule has 2 atom stereocenters. The van der Waals surface area contributed by atoms with Gasteiger partial charge in [-0.1, -0.05) is 0 Å². The highest BCUT2D eigenvalue weighted by molar-refractivity contribution is 8.00. The molecule has 0 radical (unpaired) electrons. The fourth-order valence-corrected chi connectivity index (χ4v) is 4.59. The predicted octanol–water partition coefficient (Wildman–Crippen LogP) is 2.33. The van der Waals surface area contributed by atoms with Gasteiger partial charge in [0.1, 0.15) is 23.3 Å². The highest BCUT2D eigenvalue weighted by Gasteiger charge is 2.53. The van der Waals surface area contributed by atoms with Gasteiger partial charge >= 0.3 is 5.63 Å². The first-order valence-electron chi connectivity index (χ1n) is 8.92. The van der Waals surface area contributed by atoms with Gasteiger partial charge in [0, 0.05) is 28.8 Å². The Balaban J connectivity index is 1.51. The number of β-lactam (4-membered cyclic amide) rings is 1. The molecular weight excluding hydrogens is 382 g/mol. The van der Waals surface area contributed by atoms with E-state index < -0.39 is 11.7 Å². The summed E-state index contributed by atoms with van der Waals surface area (Å²) in [6.07, 6.45) is 0.137. The molecule has 1 fully saturated rings. The van der Waals surface area contributed by atoms with Crippen LogP contribution in [0.2, 0.25) is 0 Å². The zero-order valence-electron chi connectivity index (χ0n) is 15.4. The van der Waals surface area contributed by atoms with Crippen LogP contribution in [0, 0.1) is 0 Å². The van der Waals surface area contributed by atoms with Crippen molar-refractivity contribution in [2.24, 2.45) is 0 Å². The van der Waals surface area contributed by atoms with Crippen LogP contribution in [-0.2, 0) is 14.3 Å². The van der Waals surface area contributed by atoms with Gasteiger partial charge in [0.25, 0.3) is 5.91 Å². The Labute approximate surface area is 165 Å². The standard InChI is InChI=1S/C20H19NO6S/c1-11(2)26-18-19(24)21-15(8-22)13(10-28-20(18)21)9-25-14-5-3-12-4-6-17(23)27-16(12)7-14/h3-8,11,18,20H,9-10H2,1-2H3/t18-,20+/m0/s1. The third-order valence-electron chi connectivity index (χ3n) is 4.58. The van der Waals surface area contributed by atoms with Gasteiger partial charge in [0.05, 0.1) is 11.8 Å². The van der Waals surface area contributed by atoms with Crippen LogP contribution >= 0.6 is 11.8 Å². The van der Waals surface area contributed by atoms with E-state index in [0.29, 0.717) is 29.1 Å². The van der Waals surface area contributed by atoms with Crippen molar-refractivity contribution in [1.29, 1.82) is 0 Å². The van der Waals surface area contributed by atoms with Crippen LogP contribution in [0.25, 0.3) is 11.0 Å². The Morgan fingerprint density at radius 1 is 1.29 bits per heavy atom. The summed E-state index contributed by atoms with van der Waals surface area (Å²) in [4.78, 5) is 36.9. The maximum atomic E-state index is 12.4. The Hall–Kier alpha value is -2.58. The molecule has 0 N–H and O–H groups in total. The number of thioether (sulfide) groups is 1. The third-order valence-corrected chi connectivity index (χ3v) is 5.90. The first-order valence-corrected chi connectivity index (χ1v) is 9.97. The number of nitrogens with zero attached hydrogens (tertiary/aromatic N) is 1. The molecule has 0 spiro atoms. The van der Waals surface area contributed by atoms with Crippen LogP contribution in [0.5, 0.6) is 5.75 Å². The zero-order valence-corrected chi connectivity index (χ0v) is 16.2. The molecule has 1 aromatic heterocycles. The SMILES string of the molecule is CC(C)O[C@H]1C(=O)N2C(C=O)=C(COc3ccc4ccc(=O)oc4c3)CS[C@H]12. The molecule has 2 aliphatic heterocycles. The number of fused-ring (bicyclic) bond motifs is 2. The quantitative estimate of drug-likeness (QED) is 0.417. The van der Waals surface area contributed by atoms with Crippen molar-refractivity contribution < 1.29 is 23.5 Å². The molecule has 1 saturated heterocycles. The summed E-state index contributed by atoms with van der Waals surface area (Å²) in [6.45, 7) is 3.92. The highest BCUT2D eigenvalue weighted by Crippen LogP contribution is 2.41. The maximum Gasteiger partial charge on any atom is 0.336 e. The van der Waals surface area contributed by atoms with Crippen molar-refractivity contribution in [3.05, 3.63) is 52.0 Å². The molecule has 3 heterocycles. The summed E-state index contributed by atoms with van der Waals surface area (Å²) in [5.41, 5.74) is 1.09. The number of carbonyl (C=O) groups excluding carboxylic acids is 2. The summed E-state index contributed by atoms with van der Waals surface area (Å²) in [7, 11) is 0. The van der Waals surface area contributed by atoms with Crippen LogP contribution in [0.3, 0.4) is 0 Å². The lowest BCUT2D eigenvalue weighted by Gasteiger charge is -2.49. The van der Waals surface area contributed by atoms with E-state index in [9.17, 15) is 14.4 Å². The number of ether oxygens (including phenoxy) is 2. The number of hydrogen-bond donors (Lipinski definition) is 0. The number of allylic oxidation sites excluding steroid dienone is 1. The molecule has 7 nitrogen and oxygen atoms in total. The second-order valence-electron chi connectivity index (χ2n) is 6.86. The van der Waals surface area contributed by atoms with Gasteiger partial charge in [-0.25, -0.2) is 4.79 Å². The molecule has 146 valence electrons. The fraction of sp³-hybridized carbons (Fsp3) is 0.350. The van der Waals surface area contributed by atoms with Crippen molar-refractivity contribution in [1.82, 2.24) is 4.90 Å². The van der Waals surface area contributed by atoms with Gasteiger partial charge in [-0.2, -0.15) is 0 Å². The Bertz CT molecular complexity index is 1030. The van der Waals surface area contributed by atoms with E-state index >= 15 is 0 Å². The fourth-order valence-electron chi connectivity index (χ4n) is 3.26. The summed E-state index contributed by atoms with van der Waals surface area (Å²) < 4.78 is 16.6. The van der Waals surface area contributed by atoms with Crippen LogP contribution in [0.15, 0.2) is 50.8 Å². The summed E-state index contributed by atoms with van der Waals surface area (Å²) in [5.74, 6) is 0.893. The number of carbonyl (C=O) groups is 2. The molecule has 2 aliphatic rings. The minimum absolute atomic E-state index is 0.0574. The lowest BCUT2D eigenvalue weighted by molar-refractivity contribution is -0.166. The largest absolute Gasteiger partial charge is 0.489 e. The lowest BCUT2D eigenvalue weighted by atomic mass is 10.1. The van der Waals surface area contributed by atoms with E-state index in [1.54, 1.807) is 36.0 Å². The van der Waals surface area contributed by atoms with Gasteiger partial charge in [0.15, 0.2) is 12.4 Å². The molecule has 1 aromatic carbocycles. The molecule has 2 aromatic rings. The highest BCUT2D eigenvalue weighted by atomic mass is 32.2. The minimum atomic E-state index is -0.509. The van der Waals surface area contributed by atoms with E-state index in [1.807, 2.05) is 13.8 Å². The van der Waals surface area contributed by atoms with E-state index in [-0.39, 0.29) is 24.0 Å². The van der Waals surface area contributed by atoms with Crippen molar-refractivity contribution in [2.45, 2.75) is 31.4 Å². The lowest BCUT2D eigenvalue weighted by Crippen LogP contribution is -2.65. The Morgan fingerprint density at radius 2 is 2.07 bits per heavy atom. The first-order chi connectivity index (χ1) is 13.5. The van der Waals surface area contributed by atoms with Crippen molar-refractivity contribution in [2.75, 3.05) is 12.4 Å². The first kappa shape index (κ1) is 18.8. The molecular formula is C20H19NO6S. The number of benzene rings is 1. The van der Waals surface area contributed by atoms with Gasteiger partial charge in [-0.3, -0.25) is 14.5 Å². The average Bonchev–Trinajstić information content (AvgIpc) is 2.69. The van der Waals surface area contributed by atoms with Gasteiger partial charge in [-0.05, 0) is 32.0 Å². The van der Waals surface area contributed by atoms with Crippen LogP contribution < -0.4 is 10.4 Å². The molecule has 0 bridgehead atoms. The molecule has 8 heteroatoms. The summed E-state index contributed by atoms with van der Waals surface area (Å²) in [6, 6.07) is 8.24. The van der Waals surface area contributed by atoms with Crippen LogP contribution in [0.4, 0.5) is 0 Å². The van der Waals surface area contributed by atoms with Crippen LogP contribution in [-0.4, -0.2) is 47.0 Å². The van der Waals surface area contributed by atoms with Gasteiger partial charge in [-0.15, -0.1) is 11.8 Å². The van der Waals surface area contributed by atoms with Crippen molar-refractivity contribution in [3.8, 4) is 5.75 Å². The molecule has 1 amide bonds. The monoisotopic (exact) mass is 401 g/mol. The third kappa shape index (κ3) is 3.33. The second kappa shape index (κ2) is 7.44. The van der Waals surface area contributed by atoms with E-state index in [4.69, 9.17) is 13.9 Å². The number of aldehydes is 1. The number of rotatable bonds is 6. The van der Waals surface area contributed by atoms with Gasteiger partial charge in [0.2, 0.25) is 0 Å². The predicted molar refractivity (Wildman–Crippen MR) is 104 cm³/mol. The van der Waals surface area contributed by atoms with E-state index in [2.05, 4.69) is 0 Å². The van der Waals surface area contributed by atoms with E-state index in [1.165, 1.54) is 11.0 Å². The number of hydrogen-bond acceptors (Lipinski definition) is 7. The molecule has 28 heavy (non-hydrogen) atoms. The average molecular weight is 401 g/mol. The molecule has 0 unspecified atom stereocenters. The van der Waals surface area contributed by atoms with E-state index in [0.717, 1.165) is 11.0 Å². The minimum Gasteiger partial charge on any atom is -0.489 e. The molecule has 0 saturated carbocycles. The maximum absolute atomic E-state index is 12.4. The van der Waals surface area contributed by atoms with Crippen molar-refractivity contribution >= 4 is 34.9 Å². The zero-order chi connectivity index (χ0) is 19.8. The molecule has 0 aliphatic carbocycles. The van der Waals surface area contributed by atoms with Crippen molar-refractivity contribution in [3.63, 3.8) is 0 Å². The Kier molecular flexibility index (Phi) is 4.99. The smallest absolute Gasteiger partial charge is 0.336 e. The number of amides is 1. The second-order valence-corrected chi connectivity index (χ2v) is 7.97. The van der Waals surface area contributed by atoms with Gasteiger partial charge < -0.3 is 13.9 Å². The molecule has 4 rings (SSSR count). The Morgan fingerprint density at radius 3 is 2.82 bits per heavy atom. The normalized spacial score (nSPS) is 21.7.